The number of hydrogen-bond donors (Lipinski definition) is 2. The Balaban J connectivity index is 2.27. The lowest BCUT2D eigenvalue weighted by molar-refractivity contribution is -0.136. The minimum atomic E-state index is -0.412. The third kappa shape index (κ3) is 5.90. The van der Waals surface area contributed by atoms with E-state index < -0.39 is 6.04 Å². The van der Waals surface area contributed by atoms with Crippen molar-refractivity contribution < 1.29 is 9.59 Å². The smallest absolute Gasteiger partial charge is 0.244 e. The zero-order valence-electron chi connectivity index (χ0n) is 12.9. The first kappa shape index (κ1) is 17.0. The molecule has 0 aromatic carbocycles. The van der Waals surface area contributed by atoms with Crippen LogP contribution in [0.1, 0.15) is 52.4 Å². The Labute approximate surface area is 122 Å². The van der Waals surface area contributed by atoms with E-state index >= 15 is 0 Å². The molecule has 2 atom stereocenters. The molecule has 0 spiro atoms. The minimum Gasteiger partial charge on any atom is -0.345 e. The Kier molecular flexibility index (Phi) is 7.59. The number of piperidine rings is 1. The van der Waals surface area contributed by atoms with Crippen molar-refractivity contribution in [2.24, 2.45) is 11.7 Å². The van der Waals surface area contributed by atoms with Gasteiger partial charge in [0.15, 0.2) is 0 Å². The fourth-order valence-electron chi connectivity index (χ4n) is 2.57. The summed E-state index contributed by atoms with van der Waals surface area (Å²) in [6.45, 7) is 6.19. The van der Waals surface area contributed by atoms with Crippen LogP contribution >= 0.6 is 0 Å². The normalized spacial score (nSPS) is 18.4. The highest BCUT2D eigenvalue weighted by molar-refractivity contribution is 5.87. The molecule has 1 saturated heterocycles. The molecule has 1 fully saturated rings. The lowest BCUT2D eigenvalue weighted by Crippen LogP contribution is -2.48. The number of nitrogens with two attached hydrogens (primary N) is 1. The Morgan fingerprint density at radius 2 is 1.80 bits per heavy atom. The van der Waals surface area contributed by atoms with Crippen LogP contribution < -0.4 is 11.1 Å². The lowest BCUT2D eigenvalue weighted by Gasteiger charge is -2.29. The highest BCUT2D eigenvalue weighted by Crippen LogP contribution is 2.11. The van der Waals surface area contributed by atoms with Crippen molar-refractivity contribution in [3.05, 3.63) is 0 Å². The Bertz CT molecular complexity index is 314. The Morgan fingerprint density at radius 1 is 1.15 bits per heavy atom. The molecule has 3 N–H and O–H groups in total. The van der Waals surface area contributed by atoms with Crippen LogP contribution in [0, 0.1) is 5.92 Å². The summed E-state index contributed by atoms with van der Waals surface area (Å²) in [7, 11) is 0. The van der Waals surface area contributed by atoms with Gasteiger partial charge in [0.2, 0.25) is 11.8 Å². The molecule has 1 aliphatic rings. The first-order valence-corrected chi connectivity index (χ1v) is 7.82. The number of nitrogens with one attached hydrogen (secondary N) is 1. The summed E-state index contributed by atoms with van der Waals surface area (Å²) in [6.07, 6.45) is 5.58. The largest absolute Gasteiger partial charge is 0.345 e. The lowest BCUT2D eigenvalue weighted by atomic mass is 10.0. The van der Waals surface area contributed by atoms with Crippen LogP contribution in [0.5, 0.6) is 0 Å². The topological polar surface area (TPSA) is 75.4 Å². The van der Waals surface area contributed by atoms with Crippen molar-refractivity contribution in [1.29, 1.82) is 0 Å². The molecular formula is C15H29N3O2. The second kappa shape index (κ2) is 8.95. The summed E-state index contributed by atoms with van der Waals surface area (Å²) in [4.78, 5) is 25.9. The molecule has 2 unspecified atom stereocenters. The van der Waals surface area contributed by atoms with Gasteiger partial charge in [-0.15, -0.1) is 0 Å². The highest BCUT2D eigenvalue weighted by Gasteiger charge is 2.23. The summed E-state index contributed by atoms with van der Waals surface area (Å²) < 4.78 is 0. The first-order valence-electron chi connectivity index (χ1n) is 7.82. The number of hydrogen-bond acceptors (Lipinski definition) is 3. The van der Waals surface area contributed by atoms with Gasteiger partial charge in [0.1, 0.15) is 6.04 Å². The van der Waals surface area contributed by atoms with Crippen LogP contribution in [0.4, 0.5) is 0 Å². The van der Waals surface area contributed by atoms with Gasteiger partial charge in [-0.05, 0) is 51.5 Å². The van der Waals surface area contributed by atoms with Crippen molar-refractivity contribution in [2.45, 2.75) is 58.4 Å². The van der Waals surface area contributed by atoms with Gasteiger partial charge < -0.3 is 16.0 Å². The average molecular weight is 283 g/mol. The molecular weight excluding hydrogens is 254 g/mol. The molecule has 0 saturated carbocycles. The molecule has 2 amide bonds. The number of nitrogens with zero attached hydrogens (tertiary/aromatic N) is 1. The van der Waals surface area contributed by atoms with E-state index in [4.69, 9.17) is 5.73 Å². The first-order chi connectivity index (χ1) is 9.54. The predicted molar refractivity (Wildman–Crippen MR) is 80.1 cm³/mol. The summed E-state index contributed by atoms with van der Waals surface area (Å²) in [5.41, 5.74) is 5.49. The number of carbonyl (C=O) groups excluding carboxylic acids is 2. The fourth-order valence-corrected chi connectivity index (χ4v) is 2.57. The van der Waals surface area contributed by atoms with E-state index in [0.717, 1.165) is 38.8 Å². The van der Waals surface area contributed by atoms with Gasteiger partial charge in [-0.25, -0.2) is 0 Å². The summed E-state index contributed by atoms with van der Waals surface area (Å²) >= 11 is 0. The molecule has 1 aliphatic heterocycles. The molecule has 1 heterocycles. The monoisotopic (exact) mass is 283 g/mol. The van der Waals surface area contributed by atoms with Crippen molar-refractivity contribution in [3.63, 3.8) is 0 Å². The maximum atomic E-state index is 12.2. The summed E-state index contributed by atoms with van der Waals surface area (Å²) in [5.74, 6) is 0.471. The zero-order valence-corrected chi connectivity index (χ0v) is 12.9. The van der Waals surface area contributed by atoms with E-state index in [9.17, 15) is 9.59 Å². The van der Waals surface area contributed by atoms with Crippen LogP contribution in [0.25, 0.3) is 0 Å². The second-order valence-corrected chi connectivity index (χ2v) is 5.90. The molecule has 20 heavy (non-hydrogen) atoms. The zero-order chi connectivity index (χ0) is 15.0. The standard InChI is InChI=1S/C15H29N3O2/c1-12(8-9-16)6-7-14(19)17-13(2)15(20)18-10-4-3-5-11-18/h12-13H,3-11,16H2,1-2H3,(H,17,19). The molecule has 5 nitrogen and oxygen atoms in total. The van der Waals surface area contributed by atoms with Crippen molar-refractivity contribution in [3.8, 4) is 0 Å². The van der Waals surface area contributed by atoms with Crippen LogP contribution in [-0.2, 0) is 9.59 Å². The van der Waals surface area contributed by atoms with E-state index in [1.165, 1.54) is 6.42 Å². The van der Waals surface area contributed by atoms with Gasteiger partial charge in [-0.1, -0.05) is 6.92 Å². The predicted octanol–water partition coefficient (Wildman–Crippen LogP) is 1.27. The van der Waals surface area contributed by atoms with E-state index in [-0.39, 0.29) is 11.8 Å². The van der Waals surface area contributed by atoms with Gasteiger partial charge in [0.05, 0.1) is 0 Å². The Morgan fingerprint density at radius 3 is 2.40 bits per heavy atom. The van der Waals surface area contributed by atoms with Gasteiger partial charge in [0.25, 0.3) is 0 Å². The molecule has 116 valence electrons. The van der Waals surface area contributed by atoms with Gasteiger partial charge in [-0.2, -0.15) is 0 Å². The van der Waals surface area contributed by atoms with Gasteiger partial charge >= 0.3 is 0 Å². The van der Waals surface area contributed by atoms with Crippen LogP contribution in [0.15, 0.2) is 0 Å². The van der Waals surface area contributed by atoms with Crippen molar-refractivity contribution >= 4 is 11.8 Å². The molecule has 1 rings (SSSR count). The van der Waals surface area contributed by atoms with Gasteiger partial charge in [-0.3, -0.25) is 9.59 Å². The van der Waals surface area contributed by atoms with E-state index in [1.807, 2.05) is 4.90 Å². The number of carbonyl (C=O) groups is 2. The molecule has 0 bridgehead atoms. The molecule has 0 radical (unpaired) electrons. The maximum Gasteiger partial charge on any atom is 0.244 e. The quantitative estimate of drug-likeness (QED) is 0.739. The molecule has 0 aliphatic carbocycles. The number of likely N-dealkylation sites (tertiary alicyclic amines) is 1. The van der Waals surface area contributed by atoms with E-state index in [0.29, 0.717) is 18.9 Å². The fraction of sp³-hybridized carbons (Fsp3) is 0.867. The van der Waals surface area contributed by atoms with Crippen LogP contribution in [0.3, 0.4) is 0 Å². The van der Waals surface area contributed by atoms with Crippen molar-refractivity contribution in [1.82, 2.24) is 10.2 Å². The number of amides is 2. The third-order valence-electron chi connectivity index (χ3n) is 3.94. The second-order valence-electron chi connectivity index (χ2n) is 5.90. The van der Waals surface area contributed by atoms with E-state index in [2.05, 4.69) is 12.2 Å². The minimum absolute atomic E-state index is 0.0354. The summed E-state index contributed by atoms with van der Waals surface area (Å²) in [5, 5.41) is 2.81. The maximum absolute atomic E-state index is 12.2. The SMILES string of the molecule is CC(CCN)CCC(=O)NC(C)C(=O)N1CCCCC1. The van der Waals surface area contributed by atoms with E-state index in [1.54, 1.807) is 6.92 Å². The average Bonchev–Trinajstić information content (AvgIpc) is 2.45. The number of rotatable bonds is 7. The van der Waals surface area contributed by atoms with Gasteiger partial charge in [0, 0.05) is 19.5 Å². The highest BCUT2D eigenvalue weighted by atomic mass is 16.2. The van der Waals surface area contributed by atoms with Crippen LogP contribution in [0.2, 0.25) is 0 Å². The van der Waals surface area contributed by atoms with Crippen LogP contribution in [-0.4, -0.2) is 42.4 Å². The molecule has 0 aromatic heterocycles. The van der Waals surface area contributed by atoms with Crippen molar-refractivity contribution in [2.75, 3.05) is 19.6 Å². The third-order valence-corrected chi connectivity index (χ3v) is 3.94. The Hall–Kier alpha value is -1.10. The molecule has 0 aromatic rings. The molecule has 5 heteroatoms. The summed E-state index contributed by atoms with van der Waals surface area (Å²) in [6, 6.07) is -0.412.